The van der Waals surface area contributed by atoms with Gasteiger partial charge in [0.15, 0.2) is 0 Å². The van der Waals surface area contributed by atoms with Gasteiger partial charge < -0.3 is 14.5 Å². The van der Waals surface area contributed by atoms with Crippen molar-refractivity contribution in [2.45, 2.75) is 6.42 Å². The Hall–Kier alpha value is -2.08. The number of furan rings is 1. The average molecular weight is 321 g/mol. The summed E-state index contributed by atoms with van der Waals surface area (Å²) in [6.45, 7) is 0. The summed E-state index contributed by atoms with van der Waals surface area (Å²) in [6, 6.07) is 4.78. The predicted molar refractivity (Wildman–Crippen MR) is 72.3 cm³/mol. The molecule has 0 saturated carbocycles. The van der Waals surface area contributed by atoms with Crippen molar-refractivity contribution in [3.8, 4) is 0 Å². The van der Waals surface area contributed by atoms with Gasteiger partial charge in [-0.1, -0.05) is 0 Å². The van der Waals surface area contributed by atoms with E-state index in [1.54, 1.807) is 24.5 Å². The molecule has 19 heavy (non-hydrogen) atoms. The van der Waals surface area contributed by atoms with E-state index in [1.165, 1.54) is 6.07 Å². The summed E-state index contributed by atoms with van der Waals surface area (Å²) in [5.74, 6) is 0.549. The van der Waals surface area contributed by atoms with Crippen molar-refractivity contribution in [1.82, 2.24) is 9.97 Å². The maximum absolute atomic E-state index is 11.0. The molecule has 2 N–H and O–H groups in total. The third-order valence-electron chi connectivity index (χ3n) is 2.82. The first-order valence-electron chi connectivity index (χ1n) is 5.57. The second-order valence-corrected chi connectivity index (χ2v) is 4.86. The number of benzene rings is 1. The fourth-order valence-electron chi connectivity index (χ4n) is 1.91. The molecule has 96 valence electrons. The van der Waals surface area contributed by atoms with Gasteiger partial charge in [0.1, 0.15) is 17.2 Å². The van der Waals surface area contributed by atoms with E-state index in [1.807, 2.05) is 0 Å². The van der Waals surface area contributed by atoms with Crippen molar-refractivity contribution in [3.05, 3.63) is 52.2 Å². The molecule has 0 atom stereocenters. The van der Waals surface area contributed by atoms with Gasteiger partial charge in [0, 0.05) is 17.8 Å². The molecule has 0 fully saturated rings. The van der Waals surface area contributed by atoms with Gasteiger partial charge in [0.05, 0.1) is 16.5 Å². The molecular formula is C13H9BrN2O3. The molecule has 0 bridgehead atoms. The quantitative estimate of drug-likeness (QED) is 0.776. The number of rotatable bonds is 3. The first kappa shape index (κ1) is 12.0. The highest BCUT2D eigenvalue weighted by Gasteiger charge is 2.15. The van der Waals surface area contributed by atoms with Gasteiger partial charge in [-0.15, -0.1) is 0 Å². The van der Waals surface area contributed by atoms with Gasteiger partial charge in [-0.3, -0.25) is 0 Å². The molecule has 5 nitrogen and oxygen atoms in total. The van der Waals surface area contributed by atoms with E-state index in [2.05, 4.69) is 25.9 Å². The fourth-order valence-corrected chi connectivity index (χ4v) is 2.44. The Labute approximate surface area is 116 Å². The molecule has 2 heterocycles. The van der Waals surface area contributed by atoms with Crippen molar-refractivity contribution in [2.24, 2.45) is 0 Å². The van der Waals surface area contributed by atoms with E-state index >= 15 is 0 Å². The van der Waals surface area contributed by atoms with E-state index < -0.39 is 5.97 Å². The van der Waals surface area contributed by atoms with Crippen LogP contribution in [0.4, 0.5) is 0 Å². The lowest BCUT2D eigenvalue weighted by atomic mass is 10.1. The number of carboxylic acid groups (broad SMARTS) is 1. The molecule has 0 saturated heterocycles. The van der Waals surface area contributed by atoms with Crippen LogP contribution in [0.3, 0.4) is 0 Å². The molecule has 0 unspecified atom stereocenters. The number of carbonyl (C=O) groups is 1. The minimum Gasteiger partial charge on any atom is -0.478 e. The third-order valence-corrected chi connectivity index (χ3v) is 3.69. The molecule has 0 spiro atoms. The fraction of sp³-hybridized carbons (Fsp3) is 0.0769. The Bertz CT molecular complexity index is 747. The molecule has 0 aliphatic carbocycles. The van der Waals surface area contributed by atoms with Crippen LogP contribution >= 0.6 is 15.9 Å². The maximum Gasteiger partial charge on any atom is 0.335 e. The van der Waals surface area contributed by atoms with Gasteiger partial charge >= 0.3 is 5.97 Å². The van der Waals surface area contributed by atoms with Gasteiger partial charge in [-0.25, -0.2) is 9.78 Å². The summed E-state index contributed by atoms with van der Waals surface area (Å²) in [5.41, 5.74) is 0.886. The Kier molecular flexibility index (Phi) is 2.87. The lowest BCUT2D eigenvalue weighted by Crippen LogP contribution is -1.94. The number of fused-ring (bicyclic) bond motifs is 1. The number of hydrogen-bond donors (Lipinski definition) is 2. The minimum absolute atomic E-state index is 0.235. The minimum atomic E-state index is -0.956. The average Bonchev–Trinajstić information content (AvgIpc) is 2.99. The number of nitrogens with one attached hydrogen (secondary N) is 1. The Morgan fingerprint density at radius 1 is 1.47 bits per heavy atom. The molecule has 3 rings (SSSR count). The lowest BCUT2D eigenvalue weighted by molar-refractivity contribution is 0.0697. The van der Waals surface area contributed by atoms with Gasteiger partial charge in [0.25, 0.3) is 0 Å². The molecule has 0 aliphatic rings. The molecule has 0 aliphatic heterocycles. The molecule has 1 aromatic carbocycles. The van der Waals surface area contributed by atoms with Crippen molar-refractivity contribution in [1.29, 1.82) is 0 Å². The molecule has 3 aromatic rings. The van der Waals surface area contributed by atoms with E-state index in [0.717, 1.165) is 15.7 Å². The highest BCUT2D eigenvalue weighted by atomic mass is 79.9. The molecule has 2 aromatic heterocycles. The largest absolute Gasteiger partial charge is 0.478 e. The second kappa shape index (κ2) is 4.55. The van der Waals surface area contributed by atoms with E-state index in [9.17, 15) is 4.79 Å². The summed E-state index contributed by atoms with van der Waals surface area (Å²) in [7, 11) is 0. The van der Waals surface area contributed by atoms with Crippen LogP contribution in [-0.2, 0) is 6.42 Å². The summed E-state index contributed by atoms with van der Waals surface area (Å²) < 4.78 is 6.47. The number of H-pyrrole nitrogens is 1. The molecular weight excluding hydrogens is 312 g/mol. The monoisotopic (exact) mass is 320 g/mol. The highest BCUT2D eigenvalue weighted by molar-refractivity contribution is 9.10. The van der Waals surface area contributed by atoms with Crippen LogP contribution in [0.15, 0.2) is 39.5 Å². The number of aromatic nitrogens is 2. The highest BCUT2D eigenvalue weighted by Crippen LogP contribution is 2.32. The topological polar surface area (TPSA) is 79.1 Å². The lowest BCUT2D eigenvalue weighted by Gasteiger charge is -1.94. The number of halogens is 1. The molecule has 0 amide bonds. The third kappa shape index (κ3) is 2.15. The second-order valence-electron chi connectivity index (χ2n) is 4.07. The van der Waals surface area contributed by atoms with Crippen LogP contribution in [0.5, 0.6) is 0 Å². The van der Waals surface area contributed by atoms with E-state index in [4.69, 9.17) is 9.52 Å². The van der Waals surface area contributed by atoms with Crippen molar-refractivity contribution in [3.63, 3.8) is 0 Å². The summed E-state index contributed by atoms with van der Waals surface area (Å²) in [6.07, 6.45) is 3.94. The van der Waals surface area contributed by atoms with Crippen LogP contribution in [0.1, 0.15) is 21.9 Å². The van der Waals surface area contributed by atoms with Crippen LogP contribution in [0.25, 0.3) is 11.0 Å². The predicted octanol–water partition coefficient (Wildman–Crippen LogP) is 3.21. The summed E-state index contributed by atoms with van der Waals surface area (Å²) in [5, 5.41) is 9.74. The number of nitrogens with zero attached hydrogens (tertiary/aromatic N) is 1. The SMILES string of the molecule is O=C(O)c1ccc2oc(Cc3ncc[nH]3)c(Br)c2c1. The van der Waals surface area contributed by atoms with E-state index in [0.29, 0.717) is 17.8 Å². The van der Waals surface area contributed by atoms with E-state index in [-0.39, 0.29) is 5.56 Å². The number of aromatic amines is 1. The smallest absolute Gasteiger partial charge is 0.335 e. The van der Waals surface area contributed by atoms with Crippen molar-refractivity contribution >= 4 is 32.9 Å². The standard InChI is InChI=1S/C13H9BrN2O3/c14-12-8-5-7(13(17)18)1-2-9(8)19-10(12)6-11-15-3-4-16-11/h1-5H,6H2,(H,15,16)(H,17,18). The Morgan fingerprint density at radius 2 is 2.32 bits per heavy atom. The molecule has 0 radical (unpaired) electrons. The first-order valence-corrected chi connectivity index (χ1v) is 6.37. The molecule has 6 heteroatoms. The van der Waals surface area contributed by atoms with Crippen LogP contribution in [-0.4, -0.2) is 21.0 Å². The summed E-state index contributed by atoms with van der Waals surface area (Å²) in [4.78, 5) is 18.1. The van der Waals surface area contributed by atoms with Gasteiger partial charge in [-0.2, -0.15) is 0 Å². The van der Waals surface area contributed by atoms with Gasteiger partial charge in [-0.05, 0) is 34.1 Å². The zero-order valence-electron chi connectivity index (χ0n) is 9.68. The Balaban J connectivity index is 2.07. The van der Waals surface area contributed by atoms with Crippen LogP contribution < -0.4 is 0 Å². The zero-order chi connectivity index (χ0) is 13.4. The number of carboxylic acids is 1. The van der Waals surface area contributed by atoms with Crippen LogP contribution in [0.2, 0.25) is 0 Å². The number of hydrogen-bond acceptors (Lipinski definition) is 3. The van der Waals surface area contributed by atoms with Crippen LogP contribution in [0, 0.1) is 0 Å². The maximum atomic E-state index is 11.0. The number of imidazole rings is 1. The zero-order valence-corrected chi connectivity index (χ0v) is 11.3. The van der Waals surface area contributed by atoms with Gasteiger partial charge in [0.2, 0.25) is 0 Å². The normalized spacial score (nSPS) is 11.0. The first-order chi connectivity index (χ1) is 9.15. The van der Waals surface area contributed by atoms with Crippen molar-refractivity contribution < 1.29 is 14.3 Å². The van der Waals surface area contributed by atoms with Crippen molar-refractivity contribution in [2.75, 3.05) is 0 Å². The number of aromatic carboxylic acids is 1. The Morgan fingerprint density at radius 3 is 3.00 bits per heavy atom. The summed E-state index contributed by atoms with van der Waals surface area (Å²) >= 11 is 3.45.